The highest BCUT2D eigenvalue weighted by molar-refractivity contribution is 7.80. The zero-order valence-corrected chi connectivity index (χ0v) is 7.39. The molecule has 1 aromatic carbocycles. The van der Waals surface area contributed by atoms with Crippen molar-refractivity contribution in [2.24, 2.45) is 0 Å². The van der Waals surface area contributed by atoms with Gasteiger partial charge in [0.2, 0.25) is 0 Å². The van der Waals surface area contributed by atoms with Gasteiger partial charge in [-0.2, -0.15) is 12.6 Å². The van der Waals surface area contributed by atoms with Crippen LogP contribution in [0, 0.1) is 5.82 Å². The Hall–Kier alpha value is -0.960. The van der Waals surface area contributed by atoms with E-state index in [4.69, 9.17) is 5.73 Å². The van der Waals surface area contributed by atoms with E-state index in [1.165, 1.54) is 12.1 Å². The Morgan fingerprint density at radius 1 is 1.42 bits per heavy atom. The van der Waals surface area contributed by atoms with Crippen LogP contribution in [0.25, 0.3) is 6.08 Å². The average Bonchev–Trinajstić information content (AvgIpc) is 1.99. The third-order valence-corrected chi connectivity index (χ3v) is 1.57. The molecule has 0 heterocycles. The van der Waals surface area contributed by atoms with Crippen molar-refractivity contribution in [2.75, 3.05) is 11.5 Å². The molecular formula is C9H10FNS. The number of anilines is 1. The minimum absolute atomic E-state index is 0.311. The minimum atomic E-state index is -0.311. The van der Waals surface area contributed by atoms with Crippen molar-refractivity contribution in [3.63, 3.8) is 0 Å². The second-order valence-electron chi connectivity index (χ2n) is 2.40. The lowest BCUT2D eigenvalue weighted by molar-refractivity contribution is 0.628. The summed E-state index contributed by atoms with van der Waals surface area (Å²) in [6.45, 7) is 0. The number of hydrogen-bond acceptors (Lipinski definition) is 2. The Labute approximate surface area is 76.5 Å². The van der Waals surface area contributed by atoms with E-state index in [2.05, 4.69) is 12.6 Å². The van der Waals surface area contributed by atoms with E-state index in [-0.39, 0.29) is 5.82 Å². The smallest absolute Gasteiger partial charge is 0.125 e. The molecule has 0 bridgehead atoms. The van der Waals surface area contributed by atoms with Crippen molar-refractivity contribution < 1.29 is 4.39 Å². The molecule has 0 saturated heterocycles. The maximum atomic E-state index is 12.7. The van der Waals surface area contributed by atoms with Crippen LogP contribution in [0.3, 0.4) is 0 Å². The maximum absolute atomic E-state index is 12.7. The summed E-state index contributed by atoms with van der Waals surface area (Å²) in [6.07, 6.45) is 3.61. The maximum Gasteiger partial charge on any atom is 0.125 e. The van der Waals surface area contributed by atoms with Gasteiger partial charge in [-0.1, -0.05) is 12.2 Å². The quantitative estimate of drug-likeness (QED) is 0.534. The van der Waals surface area contributed by atoms with Crippen molar-refractivity contribution in [1.82, 2.24) is 0 Å². The van der Waals surface area contributed by atoms with Gasteiger partial charge in [0, 0.05) is 11.4 Å². The summed E-state index contributed by atoms with van der Waals surface area (Å²) in [5.41, 5.74) is 6.64. The zero-order valence-electron chi connectivity index (χ0n) is 6.50. The molecule has 12 heavy (non-hydrogen) atoms. The standard InChI is InChI=1S/C9H10FNS/c10-8-4-7(2-1-3-12)5-9(11)6-8/h1-2,4-6,12H,3,11H2. The van der Waals surface area contributed by atoms with Gasteiger partial charge in [0.1, 0.15) is 5.82 Å². The Balaban J connectivity index is 2.93. The van der Waals surface area contributed by atoms with Gasteiger partial charge in [0.15, 0.2) is 0 Å². The Kier molecular flexibility index (Phi) is 3.17. The fourth-order valence-electron chi connectivity index (χ4n) is 0.921. The normalized spacial score (nSPS) is 10.8. The van der Waals surface area contributed by atoms with Gasteiger partial charge >= 0.3 is 0 Å². The molecule has 0 fully saturated rings. The SMILES string of the molecule is Nc1cc(F)cc(C=CCS)c1. The predicted molar refractivity (Wildman–Crippen MR) is 53.7 cm³/mol. The van der Waals surface area contributed by atoms with Gasteiger partial charge in [-0.15, -0.1) is 0 Å². The first kappa shape index (κ1) is 9.13. The summed E-state index contributed by atoms with van der Waals surface area (Å²) in [7, 11) is 0. The highest BCUT2D eigenvalue weighted by Gasteiger charge is 1.93. The van der Waals surface area contributed by atoms with Crippen molar-refractivity contribution in [1.29, 1.82) is 0 Å². The topological polar surface area (TPSA) is 26.0 Å². The van der Waals surface area contributed by atoms with E-state index in [9.17, 15) is 4.39 Å². The van der Waals surface area contributed by atoms with E-state index < -0.39 is 0 Å². The highest BCUT2D eigenvalue weighted by atomic mass is 32.1. The molecule has 0 aliphatic carbocycles. The first-order chi connectivity index (χ1) is 5.72. The molecule has 0 aliphatic rings. The van der Waals surface area contributed by atoms with Crippen LogP contribution in [-0.4, -0.2) is 5.75 Å². The third kappa shape index (κ3) is 2.58. The highest BCUT2D eigenvalue weighted by Crippen LogP contribution is 2.11. The molecule has 1 aromatic rings. The first-order valence-electron chi connectivity index (χ1n) is 3.56. The van der Waals surface area contributed by atoms with Crippen molar-refractivity contribution >= 4 is 24.4 Å². The lowest BCUT2D eigenvalue weighted by Gasteiger charge is -1.96. The molecule has 0 radical (unpaired) electrons. The average molecular weight is 183 g/mol. The monoisotopic (exact) mass is 183 g/mol. The molecule has 2 N–H and O–H groups in total. The summed E-state index contributed by atoms with van der Waals surface area (Å²) in [4.78, 5) is 0. The van der Waals surface area contributed by atoms with Gasteiger partial charge in [0.25, 0.3) is 0 Å². The zero-order chi connectivity index (χ0) is 8.97. The summed E-state index contributed by atoms with van der Waals surface area (Å²) in [5.74, 6) is 0.324. The molecule has 1 nitrogen and oxygen atoms in total. The second kappa shape index (κ2) is 4.16. The van der Waals surface area contributed by atoms with Crippen LogP contribution in [-0.2, 0) is 0 Å². The van der Waals surface area contributed by atoms with Crippen LogP contribution in [0.5, 0.6) is 0 Å². The summed E-state index contributed by atoms with van der Waals surface area (Å²) < 4.78 is 12.7. The van der Waals surface area contributed by atoms with E-state index in [0.29, 0.717) is 11.4 Å². The van der Waals surface area contributed by atoms with Crippen LogP contribution in [0.4, 0.5) is 10.1 Å². The number of hydrogen-bond donors (Lipinski definition) is 2. The van der Waals surface area contributed by atoms with E-state index in [0.717, 1.165) is 5.56 Å². The fraction of sp³-hybridized carbons (Fsp3) is 0.111. The van der Waals surface area contributed by atoms with Crippen molar-refractivity contribution in [2.45, 2.75) is 0 Å². The van der Waals surface area contributed by atoms with Crippen LogP contribution in [0.1, 0.15) is 5.56 Å². The van der Waals surface area contributed by atoms with Crippen molar-refractivity contribution in [3.05, 3.63) is 35.7 Å². The molecule has 0 amide bonds. The summed E-state index contributed by atoms with van der Waals surface area (Å²) in [6, 6.07) is 4.43. The van der Waals surface area contributed by atoms with Gasteiger partial charge in [-0.3, -0.25) is 0 Å². The van der Waals surface area contributed by atoms with Gasteiger partial charge < -0.3 is 5.73 Å². The number of thiol groups is 1. The van der Waals surface area contributed by atoms with Gasteiger partial charge in [-0.05, 0) is 23.8 Å². The molecule has 0 saturated carbocycles. The lowest BCUT2D eigenvalue weighted by Crippen LogP contribution is -1.87. The molecule has 0 aromatic heterocycles. The Morgan fingerprint density at radius 3 is 2.75 bits per heavy atom. The second-order valence-corrected chi connectivity index (χ2v) is 2.77. The number of nitrogen functional groups attached to an aromatic ring is 1. The molecule has 0 unspecified atom stereocenters. The number of benzene rings is 1. The molecular weight excluding hydrogens is 173 g/mol. The predicted octanol–water partition coefficient (Wildman–Crippen LogP) is 2.35. The van der Waals surface area contributed by atoms with Gasteiger partial charge in [-0.25, -0.2) is 4.39 Å². The number of halogens is 1. The molecule has 0 atom stereocenters. The van der Waals surface area contributed by atoms with Crippen LogP contribution < -0.4 is 5.73 Å². The molecule has 0 spiro atoms. The van der Waals surface area contributed by atoms with Gasteiger partial charge in [0.05, 0.1) is 0 Å². The lowest BCUT2D eigenvalue weighted by atomic mass is 10.2. The van der Waals surface area contributed by atoms with Crippen LogP contribution in [0.15, 0.2) is 24.3 Å². The van der Waals surface area contributed by atoms with E-state index in [1.807, 2.05) is 6.08 Å². The largest absolute Gasteiger partial charge is 0.399 e. The molecule has 64 valence electrons. The van der Waals surface area contributed by atoms with Crippen molar-refractivity contribution in [3.8, 4) is 0 Å². The first-order valence-corrected chi connectivity index (χ1v) is 4.19. The molecule has 3 heteroatoms. The Bertz CT molecular complexity index is 276. The number of nitrogens with two attached hydrogens (primary N) is 1. The summed E-state index contributed by atoms with van der Waals surface area (Å²) >= 11 is 3.99. The Morgan fingerprint density at radius 2 is 2.17 bits per heavy atom. The molecule has 1 rings (SSSR count). The van der Waals surface area contributed by atoms with Crippen LogP contribution in [0.2, 0.25) is 0 Å². The van der Waals surface area contributed by atoms with E-state index >= 15 is 0 Å². The third-order valence-electron chi connectivity index (χ3n) is 1.36. The summed E-state index contributed by atoms with van der Waals surface area (Å²) in [5, 5.41) is 0. The fourth-order valence-corrected chi connectivity index (χ4v) is 1.03. The minimum Gasteiger partial charge on any atom is -0.399 e. The molecule has 0 aliphatic heterocycles. The van der Waals surface area contributed by atoms with Crippen LogP contribution >= 0.6 is 12.6 Å². The number of rotatable bonds is 2. The van der Waals surface area contributed by atoms with E-state index in [1.54, 1.807) is 12.1 Å².